The van der Waals surface area contributed by atoms with Gasteiger partial charge in [-0.1, -0.05) is 29.8 Å². The van der Waals surface area contributed by atoms with Crippen LogP contribution in [0.5, 0.6) is 0 Å². The molecule has 3 heteroatoms. The molecule has 0 aromatic heterocycles. The summed E-state index contributed by atoms with van der Waals surface area (Å²) in [6, 6.07) is 0. The van der Waals surface area contributed by atoms with Crippen molar-refractivity contribution in [2.45, 2.75) is 65.2 Å². The summed E-state index contributed by atoms with van der Waals surface area (Å²) >= 11 is 3.50. The highest BCUT2D eigenvalue weighted by Gasteiger charge is 2.54. The van der Waals surface area contributed by atoms with E-state index in [1.807, 2.05) is 0 Å². The first kappa shape index (κ1) is 15.8. The highest BCUT2D eigenvalue weighted by Crippen LogP contribution is 2.60. The third-order valence-electron chi connectivity index (χ3n) is 6.23. The number of carbonyl (C=O) groups excluding carboxylic acids is 1. The number of amides is 1. The van der Waals surface area contributed by atoms with Gasteiger partial charge >= 0.3 is 0 Å². The van der Waals surface area contributed by atoms with Gasteiger partial charge in [-0.3, -0.25) is 4.79 Å². The molecule has 120 valence electrons. The van der Waals surface area contributed by atoms with Gasteiger partial charge in [-0.2, -0.15) is 0 Å². The van der Waals surface area contributed by atoms with Crippen LogP contribution in [-0.2, 0) is 4.79 Å². The van der Waals surface area contributed by atoms with Crippen LogP contribution in [0, 0.1) is 28.6 Å². The van der Waals surface area contributed by atoms with Crippen LogP contribution in [0.1, 0.15) is 65.2 Å². The molecule has 2 nitrogen and oxygen atoms in total. The van der Waals surface area contributed by atoms with Gasteiger partial charge in [-0.05, 0) is 74.5 Å². The Bertz CT molecular complexity index is 369. The molecule has 0 aromatic carbocycles. The standard InChI is InChI=1S/C18H30BrNO/c1-17(2,4-3-5-19)12-20-16(21)18-9-13-6-14(10-18)8-15(7-13)11-18/h13-15H,3-12H2,1-2H3,(H,20,21). The van der Waals surface area contributed by atoms with Gasteiger partial charge < -0.3 is 5.32 Å². The zero-order valence-corrected chi connectivity index (χ0v) is 15.2. The fourth-order valence-corrected chi connectivity index (χ4v) is 5.81. The van der Waals surface area contributed by atoms with Gasteiger partial charge in [0, 0.05) is 17.3 Å². The van der Waals surface area contributed by atoms with E-state index in [9.17, 15) is 4.79 Å². The van der Waals surface area contributed by atoms with Crippen molar-refractivity contribution in [3.63, 3.8) is 0 Å². The molecule has 21 heavy (non-hydrogen) atoms. The molecule has 0 saturated heterocycles. The summed E-state index contributed by atoms with van der Waals surface area (Å²) in [6.45, 7) is 5.38. The second-order valence-corrected chi connectivity index (χ2v) is 9.63. The Balaban J connectivity index is 1.58. The second-order valence-electron chi connectivity index (χ2n) is 8.84. The number of hydrogen-bond acceptors (Lipinski definition) is 1. The minimum atomic E-state index is 0.0141. The Hall–Kier alpha value is -0.0500. The molecule has 4 fully saturated rings. The average Bonchev–Trinajstić information content (AvgIpc) is 2.41. The van der Waals surface area contributed by atoms with Gasteiger partial charge in [0.25, 0.3) is 0 Å². The number of hydrogen-bond donors (Lipinski definition) is 1. The molecular weight excluding hydrogens is 326 g/mol. The lowest BCUT2D eigenvalue weighted by Crippen LogP contribution is -2.54. The van der Waals surface area contributed by atoms with Crippen molar-refractivity contribution in [3.05, 3.63) is 0 Å². The molecule has 1 amide bonds. The Labute approximate surface area is 138 Å². The first-order chi connectivity index (χ1) is 9.92. The summed E-state index contributed by atoms with van der Waals surface area (Å²) in [5, 5.41) is 4.39. The monoisotopic (exact) mass is 355 g/mol. The lowest BCUT2D eigenvalue weighted by Gasteiger charge is -2.55. The van der Waals surface area contributed by atoms with E-state index >= 15 is 0 Å². The van der Waals surface area contributed by atoms with Crippen molar-refractivity contribution >= 4 is 21.8 Å². The first-order valence-corrected chi connectivity index (χ1v) is 9.89. The molecule has 0 atom stereocenters. The topological polar surface area (TPSA) is 29.1 Å². The fourth-order valence-electron chi connectivity index (χ4n) is 5.53. The summed E-state index contributed by atoms with van der Waals surface area (Å²) in [5.41, 5.74) is 0.228. The van der Waals surface area contributed by atoms with Crippen LogP contribution in [0.25, 0.3) is 0 Å². The number of carbonyl (C=O) groups is 1. The number of nitrogens with one attached hydrogen (secondary N) is 1. The third-order valence-corrected chi connectivity index (χ3v) is 6.80. The second kappa shape index (κ2) is 5.86. The predicted molar refractivity (Wildman–Crippen MR) is 90.4 cm³/mol. The summed E-state index contributed by atoms with van der Waals surface area (Å²) < 4.78 is 0. The van der Waals surface area contributed by atoms with Crippen LogP contribution in [0.2, 0.25) is 0 Å². The van der Waals surface area contributed by atoms with Crippen LogP contribution in [-0.4, -0.2) is 17.8 Å². The molecule has 4 aliphatic carbocycles. The fraction of sp³-hybridized carbons (Fsp3) is 0.944. The van der Waals surface area contributed by atoms with Crippen molar-refractivity contribution in [1.82, 2.24) is 5.32 Å². The van der Waals surface area contributed by atoms with Crippen LogP contribution >= 0.6 is 15.9 Å². The predicted octanol–water partition coefficient (Wildman–Crippen LogP) is 4.52. The highest BCUT2D eigenvalue weighted by atomic mass is 79.9. The molecule has 0 spiro atoms. The molecule has 4 saturated carbocycles. The van der Waals surface area contributed by atoms with Gasteiger partial charge in [0.1, 0.15) is 0 Å². The minimum Gasteiger partial charge on any atom is -0.355 e. The number of rotatable bonds is 6. The Morgan fingerprint density at radius 1 is 1.14 bits per heavy atom. The van der Waals surface area contributed by atoms with E-state index in [1.165, 1.54) is 51.4 Å². The van der Waals surface area contributed by atoms with Crippen molar-refractivity contribution in [2.75, 3.05) is 11.9 Å². The molecule has 4 aliphatic rings. The summed E-state index contributed by atoms with van der Waals surface area (Å²) in [4.78, 5) is 12.9. The van der Waals surface area contributed by atoms with Crippen LogP contribution in [0.4, 0.5) is 0 Å². The average molecular weight is 356 g/mol. The van der Waals surface area contributed by atoms with Gasteiger partial charge in [0.15, 0.2) is 0 Å². The van der Waals surface area contributed by atoms with Gasteiger partial charge in [-0.15, -0.1) is 0 Å². The molecule has 4 rings (SSSR count). The SMILES string of the molecule is CC(C)(CCCBr)CNC(=O)C12CC3CC(CC(C3)C1)C2. The number of alkyl halides is 1. The van der Waals surface area contributed by atoms with Crippen LogP contribution in [0.15, 0.2) is 0 Å². The third kappa shape index (κ3) is 3.33. The molecule has 1 N–H and O–H groups in total. The van der Waals surface area contributed by atoms with E-state index in [4.69, 9.17) is 0 Å². The van der Waals surface area contributed by atoms with E-state index in [2.05, 4.69) is 35.1 Å². The Morgan fingerprint density at radius 2 is 1.67 bits per heavy atom. The van der Waals surface area contributed by atoms with Gasteiger partial charge in [0.05, 0.1) is 0 Å². The molecule has 0 aliphatic heterocycles. The lowest BCUT2D eigenvalue weighted by molar-refractivity contribution is -0.146. The van der Waals surface area contributed by atoms with Gasteiger partial charge in [0.2, 0.25) is 5.91 Å². The minimum absolute atomic E-state index is 0.0141. The quantitative estimate of drug-likeness (QED) is 0.697. The van der Waals surface area contributed by atoms with E-state index in [0.717, 1.165) is 29.6 Å². The maximum atomic E-state index is 12.9. The molecule has 0 unspecified atom stereocenters. The lowest BCUT2D eigenvalue weighted by atomic mass is 9.49. The normalized spacial score (nSPS) is 37.8. The molecule has 0 aromatic rings. The van der Waals surface area contributed by atoms with Crippen molar-refractivity contribution in [1.29, 1.82) is 0 Å². The van der Waals surface area contributed by atoms with Crippen molar-refractivity contribution in [3.8, 4) is 0 Å². The molecule has 0 radical (unpaired) electrons. The summed E-state index contributed by atoms with van der Waals surface area (Å²) in [6.07, 6.45) is 10.1. The zero-order chi connectivity index (χ0) is 15.1. The Morgan fingerprint density at radius 3 is 2.14 bits per heavy atom. The maximum Gasteiger partial charge on any atom is 0.226 e. The van der Waals surface area contributed by atoms with E-state index in [0.29, 0.717) is 5.91 Å². The van der Waals surface area contributed by atoms with Crippen LogP contribution in [0.3, 0.4) is 0 Å². The van der Waals surface area contributed by atoms with E-state index in [1.54, 1.807) is 0 Å². The maximum absolute atomic E-state index is 12.9. The van der Waals surface area contributed by atoms with E-state index < -0.39 is 0 Å². The highest BCUT2D eigenvalue weighted by molar-refractivity contribution is 9.09. The number of halogens is 1. The van der Waals surface area contributed by atoms with E-state index in [-0.39, 0.29) is 10.8 Å². The summed E-state index contributed by atoms with van der Waals surface area (Å²) in [5.74, 6) is 2.93. The largest absolute Gasteiger partial charge is 0.355 e. The molecule has 0 heterocycles. The summed E-state index contributed by atoms with van der Waals surface area (Å²) in [7, 11) is 0. The van der Waals surface area contributed by atoms with Gasteiger partial charge in [-0.25, -0.2) is 0 Å². The smallest absolute Gasteiger partial charge is 0.226 e. The van der Waals surface area contributed by atoms with Crippen molar-refractivity contribution < 1.29 is 4.79 Å². The Kier molecular flexibility index (Phi) is 4.42. The molecule has 4 bridgehead atoms. The zero-order valence-electron chi connectivity index (χ0n) is 13.6. The van der Waals surface area contributed by atoms with Crippen LogP contribution < -0.4 is 5.32 Å². The first-order valence-electron chi connectivity index (χ1n) is 8.77. The van der Waals surface area contributed by atoms with Crippen molar-refractivity contribution in [2.24, 2.45) is 28.6 Å². The molecular formula is C18H30BrNO.